The molecule has 1 atom stereocenters. The number of hydrogen-bond donors (Lipinski definition) is 1. The van der Waals surface area contributed by atoms with Crippen molar-refractivity contribution in [1.82, 2.24) is 0 Å². The zero-order chi connectivity index (χ0) is 9.42. The fraction of sp³-hybridized carbons (Fsp3) is 0.400. The quantitative estimate of drug-likeness (QED) is 0.820. The van der Waals surface area contributed by atoms with Gasteiger partial charge in [0.05, 0.1) is 11.1 Å². The minimum atomic E-state index is 0.0854. The molecule has 1 unspecified atom stereocenters. The number of hydrogen-bond acceptors (Lipinski definition) is 2. The second-order valence-electron chi connectivity index (χ2n) is 3.38. The first-order chi connectivity index (χ1) is 6.18. The van der Waals surface area contributed by atoms with Gasteiger partial charge in [0.25, 0.3) is 0 Å². The van der Waals surface area contributed by atoms with Crippen molar-refractivity contribution in [2.45, 2.75) is 19.4 Å². The molecule has 0 saturated carbocycles. The topological polar surface area (TPSA) is 35.2 Å². The van der Waals surface area contributed by atoms with E-state index in [1.54, 1.807) is 0 Å². The summed E-state index contributed by atoms with van der Waals surface area (Å²) in [7, 11) is 0. The van der Waals surface area contributed by atoms with Crippen LogP contribution in [-0.4, -0.2) is 6.61 Å². The zero-order valence-corrected chi connectivity index (χ0v) is 9.10. The van der Waals surface area contributed by atoms with Crippen LogP contribution >= 0.6 is 15.9 Å². The van der Waals surface area contributed by atoms with Gasteiger partial charge >= 0.3 is 0 Å². The second-order valence-corrected chi connectivity index (χ2v) is 4.23. The summed E-state index contributed by atoms with van der Waals surface area (Å²) >= 11 is 3.49. The van der Waals surface area contributed by atoms with E-state index in [0.29, 0.717) is 0 Å². The van der Waals surface area contributed by atoms with Crippen LogP contribution in [0.5, 0.6) is 5.75 Å². The minimum Gasteiger partial charge on any atom is -0.492 e. The molecule has 0 radical (unpaired) electrons. The molecule has 1 aromatic rings. The molecule has 1 aliphatic heterocycles. The molecule has 0 amide bonds. The standard InChI is InChI=1S/C10H12BrNO/c1-6(12)8-4-7-2-3-13-10(7)9(11)5-8/h4-6H,2-3,12H2,1H3. The Kier molecular flexibility index (Phi) is 2.30. The van der Waals surface area contributed by atoms with Gasteiger partial charge in [-0.25, -0.2) is 0 Å². The summed E-state index contributed by atoms with van der Waals surface area (Å²) in [5.74, 6) is 0.990. The first-order valence-corrected chi connectivity index (χ1v) is 5.18. The van der Waals surface area contributed by atoms with Crippen molar-refractivity contribution in [2.24, 2.45) is 5.73 Å². The highest BCUT2D eigenvalue weighted by molar-refractivity contribution is 9.10. The monoisotopic (exact) mass is 241 g/mol. The minimum absolute atomic E-state index is 0.0854. The number of benzene rings is 1. The summed E-state index contributed by atoms with van der Waals surface area (Å²) in [6, 6.07) is 4.26. The second kappa shape index (κ2) is 3.31. The molecule has 2 N–H and O–H groups in total. The zero-order valence-electron chi connectivity index (χ0n) is 7.51. The molecule has 0 aromatic heterocycles. The Morgan fingerprint density at radius 1 is 1.54 bits per heavy atom. The number of rotatable bonds is 1. The maximum atomic E-state index is 5.82. The van der Waals surface area contributed by atoms with Crippen LogP contribution in [0.2, 0.25) is 0 Å². The summed E-state index contributed by atoms with van der Waals surface area (Å²) in [5.41, 5.74) is 8.24. The van der Waals surface area contributed by atoms with Crippen LogP contribution in [0, 0.1) is 0 Å². The molecule has 0 saturated heterocycles. The van der Waals surface area contributed by atoms with Crippen LogP contribution in [0.15, 0.2) is 16.6 Å². The van der Waals surface area contributed by atoms with Gasteiger partial charge in [-0.3, -0.25) is 0 Å². The predicted molar refractivity (Wildman–Crippen MR) is 55.9 cm³/mol. The molecule has 13 heavy (non-hydrogen) atoms. The lowest BCUT2D eigenvalue weighted by atomic mass is 10.0. The van der Waals surface area contributed by atoms with Crippen molar-refractivity contribution in [3.8, 4) is 5.75 Å². The van der Waals surface area contributed by atoms with Crippen molar-refractivity contribution < 1.29 is 4.74 Å². The average Bonchev–Trinajstić information content (AvgIpc) is 2.51. The molecular weight excluding hydrogens is 230 g/mol. The molecule has 1 aromatic carbocycles. The largest absolute Gasteiger partial charge is 0.492 e. The van der Waals surface area contributed by atoms with E-state index in [1.165, 1.54) is 5.56 Å². The summed E-state index contributed by atoms with van der Waals surface area (Å²) in [6.45, 7) is 2.78. The van der Waals surface area contributed by atoms with Crippen molar-refractivity contribution in [3.05, 3.63) is 27.7 Å². The highest BCUT2D eigenvalue weighted by atomic mass is 79.9. The van der Waals surface area contributed by atoms with Crippen LogP contribution < -0.4 is 10.5 Å². The highest BCUT2D eigenvalue weighted by Crippen LogP contribution is 2.35. The maximum Gasteiger partial charge on any atom is 0.136 e. The Balaban J connectivity index is 2.49. The summed E-state index contributed by atoms with van der Waals surface area (Å²) in [4.78, 5) is 0. The number of halogens is 1. The van der Waals surface area contributed by atoms with Crippen LogP contribution in [0.4, 0.5) is 0 Å². The van der Waals surface area contributed by atoms with Crippen molar-refractivity contribution in [1.29, 1.82) is 0 Å². The normalized spacial score (nSPS) is 16.5. The summed E-state index contributed by atoms with van der Waals surface area (Å²) < 4.78 is 6.50. The Labute approximate surface area is 86.2 Å². The van der Waals surface area contributed by atoms with E-state index < -0.39 is 0 Å². The SMILES string of the molecule is CC(N)c1cc(Br)c2c(c1)CCO2. The molecule has 3 heteroatoms. The van der Waals surface area contributed by atoms with Crippen LogP contribution in [-0.2, 0) is 6.42 Å². The van der Waals surface area contributed by atoms with Gasteiger partial charge in [-0.15, -0.1) is 0 Å². The average molecular weight is 242 g/mol. The van der Waals surface area contributed by atoms with Gasteiger partial charge in [-0.05, 0) is 40.0 Å². The van der Waals surface area contributed by atoms with Crippen LogP contribution in [0.1, 0.15) is 24.1 Å². The van der Waals surface area contributed by atoms with Crippen molar-refractivity contribution >= 4 is 15.9 Å². The fourth-order valence-corrected chi connectivity index (χ4v) is 2.18. The lowest BCUT2D eigenvalue weighted by molar-refractivity contribution is 0.355. The third kappa shape index (κ3) is 1.58. The lowest BCUT2D eigenvalue weighted by Gasteiger charge is -2.09. The lowest BCUT2D eigenvalue weighted by Crippen LogP contribution is -2.05. The smallest absolute Gasteiger partial charge is 0.136 e. The third-order valence-electron chi connectivity index (χ3n) is 2.29. The predicted octanol–water partition coefficient (Wildman–Crippen LogP) is 2.40. The van der Waals surface area contributed by atoms with E-state index in [4.69, 9.17) is 10.5 Å². The number of ether oxygens (including phenoxy) is 1. The van der Waals surface area contributed by atoms with Crippen LogP contribution in [0.25, 0.3) is 0 Å². The Hall–Kier alpha value is -0.540. The van der Waals surface area contributed by atoms with Gasteiger partial charge in [-0.1, -0.05) is 6.07 Å². The molecule has 0 spiro atoms. The molecule has 2 nitrogen and oxygen atoms in total. The van der Waals surface area contributed by atoms with Gasteiger partial charge < -0.3 is 10.5 Å². The molecular formula is C10H12BrNO. The maximum absolute atomic E-state index is 5.82. The molecule has 0 aliphatic carbocycles. The van der Waals surface area contributed by atoms with Crippen molar-refractivity contribution in [3.63, 3.8) is 0 Å². The van der Waals surface area contributed by atoms with E-state index >= 15 is 0 Å². The van der Waals surface area contributed by atoms with Gasteiger partial charge in [0, 0.05) is 12.5 Å². The van der Waals surface area contributed by atoms with Gasteiger partial charge in [0.2, 0.25) is 0 Å². The number of nitrogens with two attached hydrogens (primary N) is 1. The Bertz CT molecular complexity index is 336. The van der Waals surface area contributed by atoms with Gasteiger partial charge in [0.1, 0.15) is 5.75 Å². The fourth-order valence-electron chi connectivity index (χ4n) is 1.55. The summed E-state index contributed by atoms with van der Waals surface area (Å²) in [5, 5.41) is 0. The molecule has 0 bridgehead atoms. The molecule has 1 aliphatic rings. The van der Waals surface area contributed by atoms with E-state index in [-0.39, 0.29) is 6.04 Å². The van der Waals surface area contributed by atoms with Gasteiger partial charge in [0.15, 0.2) is 0 Å². The number of fused-ring (bicyclic) bond motifs is 1. The first-order valence-electron chi connectivity index (χ1n) is 4.39. The highest BCUT2D eigenvalue weighted by Gasteiger charge is 2.17. The molecule has 2 rings (SSSR count). The first kappa shape index (κ1) is 9.03. The molecule has 70 valence electrons. The van der Waals surface area contributed by atoms with E-state index in [9.17, 15) is 0 Å². The Morgan fingerprint density at radius 3 is 3.00 bits per heavy atom. The molecule has 0 fully saturated rings. The summed E-state index contributed by atoms with van der Waals surface area (Å²) in [6.07, 6.45) is 0.995. The van der Waals surface area contributed by atoms with E-state index in [0.717, 1.165) is 28.8 Å². The van der Waals surface area contributed by atoms with E-state index in [1.807, 2.05) is 13.0 Å². The van der Waals surface area contributed by atoms with Crippen molar-refractivity contribution in [2.75, 3.05) is 6.61 Å². The third-order valence-corrected chi connectivity index (χ3v) is 2.88. The van der Waals surface area contributed by atoms with E-state index in [2.05, 4.69) is 22.0 Å². The van der Waals surface area contributed by atoms with Gasteiger partial charge in [-0.2, -0.15) is 0 Å². The molecule has 1 heterocycles. The van der Waals surface area contributed by atoms with Crippen LogP contribution in [0.3, 0.4) is 0 Å². The Morgan fingerprint density at radius 2 is 2.31 bits per heavy atom.